The Kier molecular flexibility index (Phi) is 6.21. The van der Waals surface area contributed by atoms with E-state index in [2.05, 4.69) is 24.4 Å². The smallest absolute Gasteiger partial charge is 0.428 e. The molecule has 0 bridgehead atoms. The maximum atomic E-state index is 13.2. The van der Waals surface area contributed by atoms with Crippen LogP contribution in [0.25, 0.3) is 10.2 Å². The van der Waals surface area contributed by atoms with E-state index in [0.29, 0.717) is 22.7 Å². The number of nitrogens with one attached hydrogen (secondary N) is 1. The Morgan fingerprint density at radius 1 is 1.37 bits per heavy atom. The summed E-state index contributed by atoms with van der Waals surface area (Å²) in [6.45, 7) is 11.9. The van der Waals surface area contributed by atoms with Gasteiger partial charge in [-0.3, -0.25) is 13.9 Å². The number of unbranched alkanes of at least 4 members (excludes halogenated alkanes) is 1. The van der Waals surface area contributed by atoms with E-state index < -0.39 is 11.7 Å². The molecule has 164 valence electrons. The highest BCUT2D eigenvalue weighted by molar-refractivity contribution is 7.20. The number of carbonyl (C=O) groups is 1. The van der Waals surface area contributed by atoms with Gasteiger partial charge in [-0.25, -0.2) is 15.0 Å². The Hall–Kier alpha value is -2.42. The van der Waals surface area contributed by atoms with Crippen molar-refractivity contribution in [3.8, 4) is 0 Å². The van der Waals surface area contributed by atoms with Crippen molar-refractivity contribution in [3.63, 3.8) is 0 Å². The number of nitrogens with zero attached hydrogens (tertiary/aromatic N) is 3. The molecule has 2 aromatic heterocycles. The first-order chi connectivity index (χ1) is 14.0. The fraction of sp³-hybridized carbons (Fsp3) is 0.619. The Bertz CT molecular complexity index is 1100. The number of ether oxygens (including phenoxy) is 1. The van der Waals surface area contributed by atoms with Crippen LogP contribution in [-0.2, 0) is 11.3 Å². The van der Waals surface area contributed by atoms with Gasteiger partial charge in [0.2, 0.25) is 0 Å². The van der Waals surface area contributed by atoms with Crippen LogP contribution < -0.4 is 16.7 Å². The third kappa shape index (κ3) is 4.50. The summed E-state index contributed by atoms with van der Waals surface area (Å²) >= 11 is 1.34. The van der Waals surface area contributed by atoms with Crippen LogP contribution in [0.2, 0.25) is 0 Å². The molecule has 1 fully saturated rings. The number of hydrogen-bond acceptors (Lipinski definition) is 6. The van der Waals surface area contributed by atoms with Crippen molar-refractivity contribution in [2.75, 3.05) is 0 Å². The summed E-state index contributed by atoms with van der Waals surface area (Å²) in [6, 6.07) is -0.0208. The average molecular weight is 435 g/mol. The van der Waals surface area contributed by atoms with E-state index in [-0.39, 0.29) is 17.3 Å². The Morgan fingerprint density at radius 2 is 2.03 bits per heavy atom. The van der Waals surface area contributed by atoms with E-state index >= 15 is 0 Å². The molecule has 0 aliphatic heterocycles. The van der Waals surface area contributed by atoms with E-state index in [9.17, 15) is 14.4 Å². The van der Waals surface area contributed by atoms with Gasteiger partial charge in [-0.2, -0.15) is 5.10 Å². The predicted molar refractivity (Wildman–Crippen MR) is 120 cm³/mol. The van der Waals surface area contributed by atoms with Crippen LogP contribution in [0.15, 0.2) is 14.7 Å². The van der Waals surface area contributed by atoms with Gasteiger partial charge in [0.15, 0.2) is 0 Å². The third-order valence-electron chi connectivity index (χ3n) is 5.15. The van der Waals surface area contributed by atoms with Crippen LogP contribution in [0, 0.1) is 12.8 Å². The molecular weight excluding hydrogens is 404 g/mol. The van der Waals surface area contributed by atoms with Gasteiger partial charge in [-0.05, 0) is 52.0 Å². The average Bonchev–Trinajstić information content (AvgIpc) is 3.24. The Morgan fingerprint density at radius 3 is 2.60 bits per heavy atom. The molecule has 9 heteroatoms. The monoisotopic (exact) mass is 434 g/mol. The molecule has 1 amide bonds. The number of hydrogen-bond donors (Lipinski definition) is 1. The molecule has 0 aromatic carbocycles. The first-order valence-electron chi connectivity index (χ1n) is 10.4. The van der Waals surface area contributed by atoms with E-state index in [0.717, 1.165) is 29.7 Å². The number of amides is 1. The van der Waals surface area contributed by atoms with Gasteiger partial charge in [-0.1, -0.05) is 20.3 Å². The molecule has 1 aliphatic carbocycles. The summed E-state index contributed by atoms with van der Waals surface area (Å²) in [5, 5.41) is 4.54. The maximum absolute atomic E-state index is 13.2. The van der Waals surface area contributed by atoms with Crippen LogP contribution in [0.4, 0.5) is 4.79 Å². The van der Waals surface area contributed by atoms with Gasteiger partial charge in [0.25, 0.3) is 5.56 Å². The number of aromatic nitrogens is 2. The normalized spacial score (nSPS) is 18.9. The van der Waals surface area contributed by atoms with E-state index in [1.165, 1.54) is 22.1 Å². The van der Waals surface area contributed by atoms with Gasteiger partial charge in [0.05, 0.1) is 16.5 Å². The molecule has 1 aliphatic rings. The largest absolute Gasteiger partial charge is 0.443 e. The lowest BCUT2D eigenvalue weighted by atomic mass is 10.2. The molecule has 0 unspecified atom stereocenters. The second-order valence-corrected chi connectivity index (χ2v) is 9.92. The molecular formula is C21H30N4O4S. The zero-order valence-electron chi connectivity index (χ0n) is 18.4. The highest BCUT2D eigenvalue weighted by Gasteiger charge is 2.38. The topological polar surface area (TPSA) is 94.7 Å². The lowest BCUT2D eigenvalue weighted by molar-refractivity contribution is 0.0529. The number of rotatable bonds is 6. The first kappa shape index (κ1) is 22.3. The van der Waals surface area contributed by atoms with Gasteiger partial charge in [-0.15, -0.1) is 11.3 Å². The molecule has 0 radical (unpaired) electrons. The number of carbonyl (C=O) groups excluding carboxylic acids is 1. The molecule has 0 saturated heterocycles. The van der Waals surface area contributed by atoms with Crippen molar-refractivity contribution >= 4 is 33.9 Å². The van der Waals surface area contributed by atoms with Gasteiger partial charge in [0, 0.05) is 12.6 Å². The molecule has 30 heavy (non-hydrogen) atoms. The minimum absolute atomic E-state index is 0.0208. The second kappa shape index (κ2) is 8.37. The van der Waals surface area contributed by atoms with Crippen molar-refractivity contribution in [1.82, 2.24) is 14.6 Å². The van der Waals surface area contributed by atoms with Crippen molar-refractivity contribution in [3.05, 3.63) is 31.3 Å². The van der Waals surface area contributed by atoms with E-state index in [1.807, 2.05) is 6.92 Å². The lowest BCUT2D eigenvalue weighted by Gasteiger charge is -2.18. The maximum Gasteiger partial charge on any atom is 0.428 e. The highest BCUT2D eigenvalue weighted by Crippen LogP contribution is 2.41. The highest BCUT2D eigenvalue weighted by atomic mass is 32.1. The van der Waals surface area contributed by atoms with Crippen molar-refractivity contribution < 1.29 is 9.53 Å². The standard InChI is InChI=1S/C21H30N4O4S/c1-7-8-9-24-18-16(17(26)25(20(24)28)14-10-12(14)2)13(3)15(30-18)11-22-23-19(27)29-21(4,5)6/h11-12,14H,7-10H2,1-6H3,(H,23,27)/t12-,14-/m0/s1. The molecule has 2 aromatic rings. The third-order valence-corrected chi connectivity index (χ3v) is 6.40. The zero-order chi connectivity index (χ0) is 22.2. The Labute approximate surface area is 179 Å². The number of aryl methyl sites for hydroxylation is 2. The number of fused-ring (bicyclic) bond motifs is 1. The molecule has 3 rings (SSSR count). The molecule has 1 saturated carbocycles. The summed E-state index contributed by atoms with van der Waals surface area (Å²) in [5.74, 6) is 0.338. The quantitative estimate of drug-likeness (QED) is 0.553. The van der Waals surface area contributed by atoms with Crippen molar-refractivity contribution in [1.29, 1.82) is 0 Å². The van der Waals surface area contributed by atoms with Crippen LogP contribution >= 0.6 is 11.3 Å². The summed E-state index contributed by atoms with van der Waals surface area (Å²) < 4.78 is 8.32. The zero-order valence-corrected chi connectivity index (χ0v) is 19.3. The fourth-order valence-corrected chi connectivity index (χ4v) is 4.61. The SMILES string of the molecule is CCCCn1c(=O)n([C@H]2C[C@@H]2C)c(=O)c2c(C)c(C=NNC(=O)OC(C)(C)C)sc21. The fourth-order valence-electron chi connectivity index (χ4n) is 3.42. The predicted octanol–water partition coefficient (Wildman–Crippen LogP) is 3.77. The summed E-state index contributed by atoms with van der Waals surface area (Å²) in [7, 11) is 0. The van der Waals surface area contributed by atoms with Gasteiger partial charge in [0.1, 0.15) is 10.4 Å². The van der Waals surface area contributed by atoms with E-state index in [1.54, 1.807) is 25.3 Å². The van der Waals surface area contributed by atoms with Crippen LogP contribution in [0.1, 0.15) is 70.4 Å². The molecule has 1 N–H and O–H groups in total. The second-order valence-electron chi connectivity index (χ2n) is 8.89. The number of hydrazone groups is 1. The first-order valence-corrected chi connectivity index (χ1v) is 11.2. The van der Waals surface area contributed by atoms with Crippen molar-refractivity contribution in [2.45, 2.75) is 79.0 Å². The van der Waals surface area contributed by atoms with Crippen LogP contribution in [0.5, 0.6) is 0 Å². The molecule has 8 nitrogen and oxygen atoms in total. The summed E-state index contributed by atoms with van der Waals surface area (Å²) in [4.78, 5) is 39.5. The molecule has 2 heterocycles. The van der Waals surface area contributed by atoms with Crippen LogP contribution in [-0.4, -0.2) is 27.0 Å². The minimum atomic E-state index is -0.651. The summed E-state index contributed by atoms with van der Waals surface area (Å²) in [6.07, 6.45) is 3.51. The summed E-state index contributed by atoms with van der Waals surface area (Å²) in [5.41, 5.74) is 2.03. The minimum Gasteiger partial charge on any atom is -0.443 e. The number of thiophene rings is 1. The lowest BCUT2D eigenvalue weighted by Crippen LogP contribution is -2.39. The molecule has 2 atom stereocenters. The van der Waals surface area contributed by atoms with Crippen LogP contribution in [0.3, 0.4) is 0 Å². The Balaban J connectivity index is 2.02. The van der Waals surface area contributed by atoms with E-state index in [4.69, 9.17) is 4.74 Å². The van der Waals surface area contributed by atoms with Gasteiger partial charge < -0.3 is 4.74 Å². The molecule has 0 spiro atoms. The van der Waals surface area contributed by atoms with Crippen molar-refractivity contribution in [2.24, 2.45) is 11.0 Å². The van der Waals surface area contributed by atoms with Gasteiger partial charge >= 0.3 is 11.8 Å².